The Morgan fingerprint density at radius 1 is 0.812 bits per heavy atom. The van der Waals surface area contributed by atoms with E-state index in [1.165, 1.54) is 19.3 Å². The van der Waals surface area contributed by atoms with Gasteiger partial charge in [0.05, 0.1) is 0 Å². The third-order valence-corrected chi connectivity index (χ3v) is 4.04. The summed E-state index contributed by atoms with van der Waals surface area (Å²) in [5.74, 6) is -1.47. The van der Waals surface area contributed by atoms with Crippen LogP contribution in [-0.2, 0) is 0 Å². The highest BCUT2D eigenvalue weighted by Gasteiger charge is 2.35. The van der Waals surface area contributed by atoms with E-state index in [0.717, 1.165) is 19.3 Å². The van der Waals surface area contributed by atoms with Crippen LogP contribution in [0.4, 0.5) is 0 Å². The molecule has 0 atom stereocenters. The smallest absolute Gasteiger partial charge is 0.162 e. The van der Waals surface area contributed by atoms with Crippen LogP contribution in [-0.4, -0.2) is 16.0 Å². The quantitative estimate of drug-likeness (QED) is 0.466. The molecule has 0 heterocycles. The first-order chi connectivity index (χ1) is 7.45. The van der Waals surface area contributed by atoms with Gasteiger partial charge in [0.15, 0.2) is 5.79 Å². The van der Waals surface area contributed by atoms with Crippen molar-refractivity contribution in [3.05, 3.63) is 0 Å². The molecule has 0 radical (unpaired) electrons. The first kappa shape index (κ1) is 15.9. The highest BCUT2D eigenvalue weighted by atomic mass is 16.5. The summed E-state index contributed by atoms with van der Waals surface area (Å²) in [6, 6.07) is 0. The van der Waals surface area contributed by atoms with Crippen molar-refractivity contribution in [2.24, 2.45) is 5.41 Å². The minimum atomic E-state index is -1.47. The van der Waals surface area contributed by atoms with Gasteiger partial charge in [0.25, 0.3) is 0 Å². The van der Waals surface area contributed by atoms with Gasteiger partial charge in [-0.25, -0.2) is 0 Å². The number of unbranched alkanes of at least 4 members (excludes halogenated alkanes) is 2. The highest BCUT2D eigenvalue weighted by molar-refractivity contribution is 4.82. The van der Waals surface area contributed by atoms with Crippen molar-refractivity contribution < 1.29 is 10.2 Å². The van der Waals surface area contributed by atoms with Crippen LogP contribution in [0.2, 0.25) is 0 Å². The van der Waals surface area contributed by atoms with Crippen molar-refractivity contribution in [1.29, 1.82) is 0 Å². The van der Waals surface area contributed by atoms with Crippen molar-refractivity contribution >= 4 is 0 Å². The lowest BCUT2D eigenvalue weighted by Gasteiger charge is -2.37. The molecule has 0 amide bonds. The van der Waals surface area contributed by atoms with Crippen LogP contribution in [0.25, 0.3) is 0 Å². The fraction of sp³-hybridized carbons (Fsp3) is 1.00. The summed E-state index contributed by atoms with van der Waals surface area (Å²) >= 11 is 0. The summed E-state index contributed by atoms with van der Waals surface area (Å²) < 4.78 is 0. The van der Waals surface area contributed by atoms with Crippen LogP contribution in [0.5, 0.6) is 0 Å². The van der Waals surface area contributed by atoms with E-state index in [-0.39, 0.29) is 5.41 Å². The maximum atomic E-state index is 9.83. The Morgan fingerprint density at radius 2 is 1.38 bits per heavy atom. The minimum absolute atomic E-state index is 0.120. The maximum Gasteiger partial charge on any atom is 0.162 e. The van der Waals surface area contributed by atoms with Crippen molar-refractivity contribution in [2.75, 3.05) is 0 Å². The molecule has 0 aromatic rings. The van der Waals surface area contributed by atoms with Gasteiger partial charge in [-0.05, 0) is 18.3 Å². The zero-order valence-electron chi connectivity index (χ0n) is 11.6. The Bertz CT molecular complexity index is 172. The molecule has 0 fully saturated rings. The lowest BCUT2D eigenvalue weighted by Crippen LogP contribution is -2.36. The van der Waals surface area contributed by atoms with E-state index in [4.69, 9.17) is 0 Å². The standard InChI is InChI=1S/C14H30O2/c1-5-9-10-11-13(6-2,7-3)12-14(15,16)8-4/h15-16H,5-12H2,1-4H3. The maximum absolute atomic E-state index is 9.83. The fourth-order valence-electron chi connectivity index (χ4n) is 2.42. The second kappa shape index (κ2) is 7.29. The van der Waals surface area contributed by atoms with Crippen molar-refractivity contribution in [3.8, 4) is 0 Å². The average molecular weight is 230 g/mol. The zero-order valence-corrected chi connectivity index (χ0v) is 11.6. The topological polar surface area (TPSA) is 40.5 Å². The van der Waals surface area contributed by atoms with Gasteiger partial charge < -0.3 is 10.2 Å². The molecular formula is C14H30O2. The molecule has 2 N–H and O–H groups in total. The third kappa shape index (κ3) is 5.31. The molecule has 0 saturated carbocycles. The normalized spacial score (nSPS) is 13.1. The molecule has 0 saturated heterocycles. The Kier molecular flexibility index (Phi) is 7.25. The summed E-state index contributed by atoms with van der Waals surface area (Å²) in [4.78, 5) is 0. The molecule has 98 valence electrons. The van der Waals surface area contributed by atoms with Crippen molar-refractivity contribution in [1.82, 2.24) is 0 Å². The Labute approximate surface area is 101 Å². The zero-order chi connectivity index (χ0) is 12.7. The van der Waals surface area contributed by atoms with E-state index in [1.807, 2.05) is 6.92 Å². The first-order valence-electron chi connectivity index (χ1n) is 6.90. The molecule has 0 aromatic heterocycles. The van der Waals surface area contributed by atoms with Crippen molar-refractivity contribution in [2.45, 2.75) is 84.8 Å². The SMILES string of the molecule is CCCCCC(CC)(CC)CC(O)(O)CC. The minimum Gasteiger partial charge on any atom is -0.366 e. The Balaban J connectivity index is 4.42. The summed E-state index contributed by atoms with van der Waals surface area (Å²) in [6.45, 7) is 8.37. The molecule has 2 nitrogen and oxygen atoms in total. The molecule has 0 spiro atoms. The van der Waals surface area contributed by atoms with E-state index in [2.05, 4.69) is 20.8 Å². The average Bonchev–Trinajstić information content (AvgIpc) is 2.28. The highest BCUT2D eigenvalue weighted by Crippen LogP contribution is 2.40. The molecule has 2 heteroatoms. The number of rotatable bonds is 9. The van der Waals surface area contributed by atoms with Gasteiger partial charge in [-0.1, -0.05) is 59.8 Å². The molecule has 0 aromatic carbocycles. The Hall–Kier alpha value is -0.0800. The lowest BCUT2D eigenvalue weighted by atomic mass is 9.72. The second-order valence-corrected chi connectivity index (χ2v) is 5.18. The van der Waals surface area contributed by atoms with Crippen LogP contribution in [0.3, 0.4) is 0 Å². The van der Waals surface area contributed by atoms with E-state index in [9.17, 15) is 10.2 Å². The van der Waals surface area contributed by atoms with Gasteiger partial charge >= 0.3 is 0 Å². The molecular weight excluding hydrogens is 200 g/mol. The van der Waals surface area contributed by atoms with Gasteiger partial charge in [0.2, 0.25) is 0 Å². The first-order valence-corrected chi connectivity index (χ1v) is 6.90. The van der Waals surface area contributed by atoms with E-state index < -0.39 is 5.79 Å². The molecule has 0 bridgehead atoms. The van der Waals surface area contributed by atoms with Crippen LogP contribution in [0, 0.1) is 5.41 Å². The van der Waals surface area contributed by atoms with Gasteiger partial charge in [-0.2, -0.15) is 0 Å². The van der Waals surface area contributed by atoms with Gasteiger partial charge in [0, 0.05) is 6.42 Å². The summed E-state index contributed by atoms with van der Waals surface area (Å²) in [5.41, 5.74) is 0.120. The van der Waals surface area contributed by atoms with Crippen LogP contribution < -0.4 is 0 Å². The van der Waals surface area contributed by atoms with Crippen LogP contribution >= 0.6 is 0 Å². The Morgan fingerprint density at radius 3 is 1.75 bits per heavy atom. The summed E-state index contributed by atoms with van der Waals surface area (Å²) in [6.07, 6.45) is 7.81. The largest absolute Gasteiger partial charge is 0.366 e. The monoisotopic (exact) mass is 230 g/mol. The molecule has 0 aliphatic carbocycles. The van der Waals surface area contributed by atoms with E-state index >= 15 is 0 Å². The number of hydrogen-bond donors (Lipinski definition) is 2. The van der Waals surface area contributed by atoms with Gasteiger partial charge in [0.1, 0.15) is 0 Å². The van der Waals surface area contributed by atoms with Gasteiger partial charge in [-0.15, -0.1) is 0 Å². The predicted octanol–water partition coefficient (Wildman–Crippen LogP) is 3.85. The molecule has 0 unspecified atom stereocenters. The molecule has 0 aliphatic rings. The van der Waals surface area contributed by atoms with Crippen LogP contribution in [0.1, 0.15) is 79.1 Å². The molecule has 16 heavy (non-hydrogen) atoms. The summed E-state index contributed by atoms with van der Waals surface area (Å²) in [5, 5.41) is 19.7. The summed E-state index contributed by atoms with van der Waals surface area (Å²) in [7, 11) is 0. The molecule has 0 rings (SSSR count). The van der Waals surface area contributed by atoms with Gasteiger partial charge in [-0.3, -0.25) is 0 Å². The fourth-order valence-corrected chi connectivity index (χ4v) is 2.42. The second-order valence-electron chi connectivity index (χ2n) is 5.18. The number of aliphatic hydroxyl groups is 2. The van der Waals surface area contributed by atoms with Crippen LogP contribution in [0.15, 0.2) is 0 Å². The molecule has 0 aliphatic heterocycles. The lowest BCUT2D eigenvalue weighted by molar-refractivity contribution is -0.188. The van der Waals surface area contributed by atoms with E-state index in [1.54, 1.807) is 0 Å². The van der Waals surface area contributed by atoms with Crippen molar-refractivity contribution in [3.63, 3.8) is 0 Å². The number of hydrogen-bond acceptors (Lipinski definition) is 2. The third-order valence-electron chi connectivity index (χ3n) is 4.04. The predicted molar refractivity (Wildman–Crippen MR) is 69.2 cm³/mol. The van der Waals surface area contributed by atoms with E-state index in [0.29, 0.717) is 12.8 Å².